The van der Waals surface area contributed by atoms with E-state index in [4.69, 9.17) is 5.73 Å². The van der Waals surface area contributed by atoms with Gasteiger partial charge < -0.3 is 16.0 Å². The van der Waals surface area contributed by atoms with Gasteiger partial charge in [-0.05, 0) is 44.0 Å². The minimum absolute atomic E-state index is 0. The summed E-state index contributed by atoms with van der Waals surface area (Å²) in [7, 11) is 0. The number of halogens is 1. The number of hydrogen-bond donors (Lipinski definition) is 2. The van der Waals surface area contributed by atoms with Crippen LogP contribution < -0.4 is 11.1 Å². The van der Waals surface area contributed by atoms with E-state index in [-0.39, 0.29) is 24.2 Å². The lowest BCUT2D eigenvalue weighted by molar-refractivity contribution is -0.117. The molecule has 0 aliphatic carbocycles. The van der Waals surface area contributed by atoms with Gasteiger partial charge in [0, 0.05) is 24.3 Å². The topological polar surface area (TPSA) is 75.4 Å². The third kappa shape index (κ3) is 6.03. The molecule has 1 atom stereocenters. The molecule has 0 aliphatic heterocycles. The van der Waals surface area contributed by atoms with Crippen LogP contribution in [0.15, 0.2) is 24.3 Å². The molecule has 0 spiro atoms. The van der Waals surface area contributed by atoms with E-state index in [2.05, 4.69) is 19.2 Å². The highest BCUT2D eigenvalue weighted by molar-refractivity contribution is 5.97. The maximum absolute atomic E-state index is 12.4. The first kappa shape index (κ1) is 20.4. The number of nitrogens with zero attached hydrogens (tertiary/aromatic N) is 1. The summed E-state index contributed by atoms with van der Waals surface area (Å²) in [6, 6.07) is 6.36. The van der Waals surface area contributed by atoms with Crippen LogP contribution in [0.1, 0.15) is 44.0 Å². The molecule has 124 valence electrons. The largest absolute Gasteiger partial charge is 0.339 e. The second-order valence-electron chi connectivity index (χ2n) is 5.15. The van der Waals surface area contributed by atoms with Crippen molar-refractivity contribution in [2.45, 2.75) is 39.7 Å². The summed E-state index contributed by atoms with van der Waals surface area (Å²) < 4.78 is 0. The zero-order valence-corrected chi connectivity index (χ0v) is 14.3. The highest BCUT2D eigenvalue weighted by atomic mass is 35.5. The first-order valence-electron chi connectivity index (χ1n) is 7.45. The lowest BCUT2D eigenvalue weighted by Crippen LogP contribution is -2.33. The van der Waals surface area contributed by atoms with Crippen LogP contribution in [0.4, 0.5) is 5.69 Å². The van der Waals surface area contributed by atoms with Crippen LogP contribution in [0.2, 0.25) is 0 Å². The summed E-state index contributed by atoms with van der Waals surface area (Å²) in [5.41, 5.74) is 6.78. The van der Waals surface area contributed by atoms with Crippen LogP contribution in [0.25, 0.3) is 0 Å². The van der Waals surface area contributed by atoms with E-state index in [1.54, 1.807) is 31.2 Å². The highest BCUT2D eigenvalue weighted by Crippen LogP contribution is 2.12. The number of nitrogens with one attached hydrogen (secondary N) is 1. The van der Waals surface area contributed by atoms with E-state index in [0.29, 0.717) is 11.3 Å². The van der Waals surface area contributed by atoms with Crippen molar-refractivity contribution in [2.24, 2.45) is 5.73 Å². The van der Waals surface area contributed by atoms with Crippen molar-refractivity contribution in [3.05, 3.63) is 29.8 Å². The molecule has 1 rings (SSSR count). The summed E-state index contributed by atoms with van der Waals surface area (Å²) >= 11 is 0. The molecule has 5 nitrogen and oxygen atoms in total. The molecule has 0 saturated heterocycles. The van der Waals surface area contributed by atoms with Gasteiger partial charge in [-0.15, -0.1) is 12.4 Å². The Morgan fingerprint density at radius 2 is 1.64 bits per heavy atom. The van der Waals surface area contributed by atoms with Crippen LogP contribution in [-0.2, 0) is 4.79 Å². The molecular weight excluding hydrogens is 302 g/mol. The number of amides is 2. The van der Waals surface area contributed by atoms with Gasteiger partial charge in [-0.25, -0.2) is 0 Å². The first-order chi connectivity index (χ1) is 9.99. The molecule has 0 unspecified atom stereocenters. The van der Waals surface area contributed by atoms with Crippen LogP contribution in [0.3, 0.4) is 0 Å². The standard InChI is InChI=1S/C16H25N3O2.ClH/c1-4-10-19(11-5-2)16(21)13-6-8-14(9-7-13)18-15(20)12(3)17;/h6-9,12H,4-5,10-11,17H2,1-3H3,(H,18,20);1H/t12-;/m0./s1. The van der Waals surface area contributed by atoms with E-state index >= 15 is 0 Å². The van der Waals surface area contributed by atoms with E-state index in [0.717, 1.165) is 25.9 Å². The number of benzene rings is 1. The Bertz CT molecular complexity index is 469. The van der Waals surface area contributed by atoms with Gasteiger partial charge in [0.2, 0.25) is 5.91 Å². The molecule has 1 aromatic carbocycles. The van der Waals surface area contributed by atoms with Crippen molar-refractivity contribution in [1.29, 1.82) is 0 Å². The van der Waals surface area contributed by atoms with Crippen molar-refractivity contribution in [3.63, 3.8) is 0 Å². The summed E-state index contributed by atoms with van der Waals surface area (Å²) in [5, 5.41) is 2.70. The van der Waals surface area contributed by atoms with E-state index in [9.17, 15) is 9.59 Å². The number of anilines is 1. The predicted molar refractivity (Wildman–Crippen MR) is 92.5 cm³/mol. The fourth-order valence-electron chi connectivity index (χ4n) is 1.99. The molecular formula is C16H26ClN3O2. The number of rotatable bonds is 7. The summed E-state index contributed by atoms with van der Waals surface area (Å²) in [6.07, 6.45) is 1.88. The van der Waals surface area contributed by atoms with Crippen molar-refractivity contribution >= 4 is 29.9 Å². The Morgan fingerprint density at radius 1 is 1.14 bits per heavy atom. The van der Waals surface area contributed by atoms with E-state index < -0.39 is 6.04 Å². The SMILES string of the molecule is CCCN(CCC)C(=O)c1ccc(NC(=O)[C@H](C)N)cc1.Cl. The van der Waals surface area contributed by atoms with Gasteiger partial charge in [0.25, 0.3) is 5.91 Å². The molecule has 0 saturated carbocycles. The minimum Gasteiger partial charge on any atom is -0.339 e. The monoisotopic (exact) mass is 327 g/mol. The molecule has 1 aromatic rings. The Balaban J connectivity index is 0.00000441. The predicted octanol–water partition coefficient (Wildman–Crippen LogP) is 2.66. The molecule has 3 N–H and O–H groups in total. The number of carbonyl (C=O) groups is 2. The molecule has 2 amide bonds. The second kappa shape index (κ2) is 10.2. The summed E-state index contributed by atoms with van der Waals surface area (Å²) in [6.45, 7) is 7.26. The van der Waals surface area contributed by atoms with Gasteiger partial charge in [0.1, 0.15) is 0 Å². The van der Waals surface area contributed by atoms with E-state index in [1.807, 2.05) is 4.90 Å². The minimum atomic E-state index is -0.559. The Kier molecular flexibility index (Phi) is 9.45. The van der Waals surface area contributed by atoms with Gasteiger partial charge in [-0.1, -0.05) is 13.8 Å². The smallest absolute Gasteiger partial charge is 0.253 e. The third-order valence-electron chi connectivity index (χ3n) is 3.09. The average Bonchev–Trinajstić information content (AvgIpc) is 2.47. The quantitative estimate of drug-likeness (QED) is 0.808. The van der Waals surface area contributed by atoms with Crippen LogP contribution in [0.5, 0.6) is 0 Å². The van der Waals surface area contributed by atoms with Gasteiger partial charge in [-0.2, -0.15) is 0 Å². The van der Waals surface area contributed by atoms with Crippen molar-refractivity contribution in [1.82, 2.24) is 4.90 Å². The maximum Gasteiger partial charge on any atom is 0.253 e. The van der Waals surface area contributed by atoms with Crippen molar-refractivity contribution < 1.29 is 9.59 Å². The molecule has 0 aliphatic rings. The Labute approximate surface area is 138 Å². The number of hydrogen-bond acceptors (Lipinski definition) is 3. The van der Waals surface area contributed by atoms with Crippen LogP contribution in [0, 0.1) is 0 Å². The Hall–Kier alpha value is -1.59. The second-order valence-corrected chi connectivity index (χ2v) is 5.15. The maximum atomic E-state index is 12.4. The van der Waals surface area contributed by atoms with Gasteiger partial charge >= 0.3 is 0 Å². The fourth-order valence-corrected chi connectivity index (χ4v) is 1.99. The average molecular weight is 328 g/mol. The Morgan fingerprint density at radius 3 is 2.05 bits per heavy atom. The molecule has 0 radical (unpaired) electrons. The number of carbonyl (C=O) groups excluding carboxylic acids is 2. The summed E-state index contributed by atoms with van der Waals surface area (Å²) in [5.74, 6) is -0.212. The van der Waals surface area contributed by atoms with Gasteiger partial charge in [0.05, 0.1) is 6.04 Å². The molecule has 0 fully saturated rings. The lowest BCUT2D eigenvalue weighted by atomic mass is 10.1. The number of nitrogens with two attached hydrogens (primary N) is 1. The van der Waals surface area contributed by atoms with Gasteiger partial charge in [0.15, 0.2) is 0 Å². The van der Waals surface area contributed by atoms with E-state index in [1.165, 1.54) is 0 Å². The van der Waals surface area contributed by atoms with Crippen LogP contribution in [-0.4, -0.2) is 35.8 Å². The lowest BCUT2D eigenvalue weighted by Gasteiger charge is -2.21. The zero-order chi connectivity index (χ0) is 15.8. The van der Waals surface area contributed by atoms with Gasteiger partial charge in [-0.3, -0.25) is 9.59 Å². The molecule has 6 heteroatoms. The molecule has 0 heterocycles. The summed E-state index contributed by atoms with van der Waals surface area (Å²) in [4.78, 5) is 25.7. The molecule has 22 heavy (non-hydrogen) atoms. The van der Waals surface area contributed by atoms with Crippen molar-refractivity contribution in [2.75, 3.05) is 18.4 Å². The fraction of sp³-hybridized carbons (Fsp3) is 0.500. The zero-order valence-electron chi connectivity index (χ0n) is 13.5. The normalized spacial score (nSPS) is 11.3. The molecule has 0 bridgehead atoms. The molecule has 0 aromatic heterocycles. The highest BCUT2D eigenvalue weighted by Gasteiger charge is 2.14. The first-order valence-corrected chi connectivity index (χ1v) is 7.45. The van der Waals surface area contributed by atoms with Crippen LogP contribution >= 0.6 is 12.4 Å². The third-order valence-corrected chi connectivity index (χ3v) is 3.09. The van der Waals surface area contributed by atoms with Crippen molar-refractivity contribution in [3.8, 4) is 0 Å².